The maximum atomic E-state index is 11.9. The number of hydrogen-bond acceptors (Lipinski definition) is 8. The first kappa shape index (κ1) is 25.4. The number of nitrogens with two attached hydrogens (primary N) is 2. The van der Waals surface area contributed by atoms with Crippen LogP contribution in [0.3, 0.4) is 0 Å². The van der Waals surface area contributed by atoms with Gasteiger partial charge in [-0.05, 0) is 61.6 Å². The third kappa shape index (κ3) is 4.97. The van der Waals surface area contributed by atoms with Crippen LogP contribution < -0.4 is 31.0 Å². The largest absolute Gasteiger partial charge is 0.491 e. The quantitative estimate of drug-likeness (QED) is 0.548. The number of benzene rings is 1. The number of thiazole rings is 1. The van der Waals surface area contributed by atoms with Crippen molar-refractivity contribution in [2.45, 2.75) is 47.1 Å². The van der Waals surface area contributed by atoms with Gasteiger partial charge in [0, 0.05) is 27.9 Å². The molecular weight excluding hydrogens is 472 g/mol. The second-order valence-corrected chi connectivity index (χ2v) is 10.3. The first-order valence-corrected chi connectivity index (χ1v) is 12.7. The molecule has 3 aromatic rings. The van der Waals surface area contributed by atoms with Crippen LogP contribution in [-0.4, -0.2) is 34.0 Å². The van der Waals surface area contributed by atoms with Crippen molar-refractivity contribution in [3.63, 3.8) is 0 Å². The number of amides is 1. The first-order valence-electron chi connectivity index (χ1n) is 11.9. The van der Waals surface area contributed by atoms with E-state index in [1.807, 2.05) is 19.9 Å². The number of ether oxygens (including phenoxy) is 1. The average Bonchev–Trinajstić information content (AvgIpc) is 2.99. The molecule has 4 rings (SSSR count). The van der Waals surface area contributed by atoms with Gasteiger partial charge in [-0.3, -0.25) is 4.79 Å². The lowest BCUT2D eigenvalue weighted by Gasteiger charge is -2.26. The van der Waals surface area contributed by atoms with Gasteiger partial charge in [0.15, 0.2) is 5.13 Å². The van der Waals surface area contributed by atoms with Gasteiger partial charge in [-0.1, -0.05) is 37.8 Å². The topological polar surface area (TPSA) is 120 Å². The zero-order valence-corrected chi connectivity index (χ0v) is 22.2. The Morgan fingerprint density at radius 2 is 2.00 bits per heavy atom. The van der Waals surface area contributed by atoms with Crippen LogP contribution in [0.25, 0.3) is 18.2 Å². The standard InChI is InChI=1S/C27H32N6O2S/c1-7-18(12-21-17(6)36-27(29)31-21)19-10-15(4)23-20(11-19)13-33(8-9-35-23)26-22(14(2)3)16(5)30-25(32-26)24(28)34/h7,10-12,14H,6,8-9,13H2,1-5H3,(H2,28,34)(H2,29,31). The molecule has 0 unspecified atom stereocenters. The van der Waals surface area contributed by atoms with Gasteiger partial charge in [-0.15, -0.1) is 0 Å². The highest BCUT2D eigenvalue weighted by Crippen LogP contribution is 2.35. The van der Waals surface area contributed by atoms with Crippen molar-refractivity contribution < 1.29 is 9.53 Å². The molecule has 188 valence electrons. The Morgan fingerprint density at radius 3 is 2.61 bits per heavy atom. The Morgan fingerprint density at radius 1 is 1.25 bits per heavy atom. The number of hydrogen-bond donors (Lipinski definition) is 2. The lowest BCUT2D eigenvalue weighted by atomic mass is 9.97. The van der Waals surface area contributed by atoms with E-state index < -0.39 is 5.91 Å². The Kier molecular flexibility index (Phi) is 7.12. The van der Waals surface area contributed by atoms with Crippen LogP contribution in [0.1, 0.15) is 65.3 Å². The molecule has 1 aliphatic heterocycles. The number of carbonyl (C=O) groups is 1. The van der Waals surface area contributed by atoms with E-state index in [2.05, 4.69) is 65.4 Å². The van der Waals surface area contributed by atoms with Crippen LogP contribution in [0, 0.1) is 13.8 Å². The van der Waals surface area contributed by atoms with Gasteiger partial charge < -0.3 is 21.1 Å². The van der Waals surface area contributed by atoms with E-state index in [-0.39, 0.29) is 11.7 Å². The molecule has 8 nitrogen and oxygen atoms in total. The highest BCUT2D eigenvalue weighted by Gasteiger charge is 2.25. The summed E-state index contributed by atoms with van der Waals surface area (Å²) in [5, 5.41) is 1.27. The van der Waals surface area contributed by atoms with Crippen LogP contribution in [0.15, 0.2) is 18.2 Å². The summed E-state index contributed by atoms with van der Waals surface area (Å²) in [7, 11) is 0. The summed E-state index contributed by atoms with van der Waals surface area (Å²) in [6.45, 7) is 15.9. The fourth-order valence-corrected chi connectivity index (χ4v) is 5.24. The van der Waals surface area contributed by atoms with E-state index in [1.54, 1.807) is 0 Å². The monoisotopic (exact) mass is 504 g/mol. The van der Waals surface area contributed by atoms with Gasteiger partial charge in [0.2, 0.25) is 5.82 Å². The molecule has 0 fully saturated rings. The van der Waals surface area contributed by atoms with Crippen molar-refractivity contribution in [3.8, 4) is 5.75 Å². The number of nitrogen functional groups attached to an aromatic ring is 1. The molecule has 0 bridgehead atoms. The van der Waals surface area contributed by atoms with Crippen LogP contribution in [0.5, 0.6) is 5.75 Å². The molecule has 1 amide bonds. The molecular formula is C27H32N6O2S. The minimum Gasteiger partial charge on any atom is -0.491 e. The SMILES string of the molecule is C=c1sc(N)nc1=CC(=CC)c1cc(C)c2c(c1)CN(c1nc(C(N)=O)nc(C)c1C(C)C)CCO2. The fraction of sp³-hybridized carbons (Fsp3) is 0.333. The number of nitrogens with zero attached hydrogens (tertiary/aromatic N) is 4. The van der Waals surface area contributed by atoms with Crippen molar-refractivity contribution in [1.29, 1.82) is 0 Å². The summed E-state index contributed by atoms with van der Waals surface area (Å²) in [4.78, 5) is 27.4. The van der Waals surface area contributed by atoms with E-state index >= 15 is 0 Å². The maximum Gasteiger partial charge on any atom is 0.286 e. The van der Waals surface area contributed by atoms with Crippen LogP contribution >= 0.6 is 11.3 Å². The van der Waals surface area contributed by atoms with E-state index in [0.717, 1.165) is 55.0 Å². The van der Waals surface area contributed by atoms with Crippen molar-refractivity contribution in [2.75, 3.05) is 23.8 Å². The molecule has 0 aliphatic carbocycles. The van der Waals surface area contributed by atoms with Crippen LogP contribution in [0.2, 0.25) is 0 Å². The molecule has 1 aromatic carbocycles. The maximum absolute atomic E-state index is 11.9. The van der Waals surface area contributed by atoms with E-state index in [0.29, 0.717) is 24.8 Å². The van der Waals surface area contributed by atoms with Gasteiger partial charge in [-0.25, -0.2) is 15.0 Å². The average molecular weight is 505 g/mol. The van der Waals surface area contributed by atoms with Gasteiger partial charge in [0.1, 0.15) is 18.2 Å². The van der Waals surface area contributed by atoms with E-state index in [9.17, 15) is 4.79 Å². The fourth-order valence-electron chi connectivity index (χ4n) is 4.63. The minimum atomic E-state index is -0.639. The van der Waals surface area contributed by atoms with Crippen molar-refractivity contribution >= 4 is 46.4 Å². The smallest absolute Gasteiger partial charge is 0.286 e. The molecule has 0 atom stereocenters. The second kappa shape index (κ2) is 10.1. The molecule has 0 saturated carbocycles. The molecule has 0 saturated heterocycles. The Labute approximate surface area is 215 Å². The van der Waals surface area contributed by atoms with Gasteiger partial charge in [0.05, 0.1) is 11.9 Å². The molecule has 4 N–H and O–H groups in total. The van der Waals surface area contributed by atoms with Gasteiger partial charge >= 0.3 is 0 Å². The highest BCUT2D eigenvalue weighted by molar-refractivity contribution is 7.13. The Balaban J connectivity index is 1.81. The number of rotatable bonds is 5. The Bertz CT molecular complexity index is 1470. The summed E-state index contributed by atoms with van der Waals surface area (Å²) < 4.78 is 7.04. The molecule has 0 radical (unpaired) electrons. The van der Waals surface area contributed by atoms with Crippen molar-refractivity contribution in [2.24, 2.45) is 5.73 Å². The third-order valence-corrected chi connectivity index (χ3v) is 6.97. The zero-order chi connectivity index (χ0) is 26.1. The number of fused-ring (bicyclic) bond motifs is 1. The van der Waals surface area contributed by atoms with Gasteiger partial charge in [0.25, 0.3) is 5.91 Å². The zero-order valence-electron chi connectivity index (χ0n) is 21.4. The normalized spacial score (nSPS) is 14.6. The minimum absolute atomic E-state index is 0.0273. The highest BCUT2D eigenvalue weighted by atomic mass is 32.1. The molecule has 3 heterocycles. The molecule has 2 aromatic heterocycles. The Hall–Kier alpha value is -3.72. The van der Waals surface area contributed by atoms with Crippen molar-refractivity contribution in [3.05, 3.63) is 61.9 Å². The number of aryl methyl sites for hydroxylation is 2. The summed E-state index contributed by atoms with van der Waals surface area (Å²) in [5.41, 5.74) is 17.3. The lowest BCUT2D eigenvalue weighted by Crippen LogP contribution is -2.30. The first-order chi connectivity index (χ1) is 17.1. The molecule has 1 aliphatic rings. The number of carbonyl (C=O) groups excluding carboxylic acids is 1. The number of anilines is 2. The summed E-state index contributed by atoms with van der Waals surface area (Å²) in [6.07, 6.45) is 4.06. The lowest BCUT2D eigenvalue weighted by molar-refractivity contribution is 0.0990. The predicted octanol–water partition coefficient (Wildman–Crippen LogP) is 3.05. The summed E-state index contributed by atoms with van der Waals surface area (Å²) in [6, 6.07) is 4.27. The van der Waals surface area contributed by atoms with Crippen LogP contribution in [-0.2, 0) is 6.54 Å². The molecule has 0 spiro atoms. The molecule has 9 heteroatoms. The third-order valence-electron chi connectivity index (χ3n) is 6.21. The van der Waals surface area contributed by atoms with E-state index in [4.69, 9.17) is 16.2 Å². The number of primary amides is 1. The second-order valence-electron chi connectivity index (χ2n) is 9.19. The number of aromatic nitrogens is 3. The molecule has 36 heavy (non-hydrogen) atoms. The predicted molar refractivity (Wildman–Crippen MR) is 147 cm³/mol. The van der Waals surface area contributed by atoms with E-state index in [1.165, 1.54) is 11.3 Å². The van der Waals surface area contributed by atoms with Crippen LogP contribution in [0.4, 0.5) is 10.9 Å². The number of allylic oxidation sites excluding steroid dienone is 2. The van der Waals surface area contributed by atoms with Crippen molar-refractivity contribution in [1.82, 2.24) is 15.0 Å². The summed E-state index contributed by atoms with van der Waals surface area (Å²) >= 11 is 1.38. The van der Waals surface area contributed by atoms with Gasteiger partial charge in [-0.2, -0.15) is 0 Å². The summed E-state index contributed by atoms with van der Waals surface area (Å²) in [5.74, 6) is 1.16.